The van der Waals surface area contributed by atoms with Crippen molar-refractivity contribution in [3.63, 3.8) is 0 Å². The summed E-state index contributed by atoms with van der Waals surface area (Å²) < 4.78 is 23.5. The van der Waals surface area contributed by atoms with E-state index in [2.05, 4.69) is 5.32 Å². The molecule has 0 fully saturated rings. The molecule has 0 heterocycles. The first-order valence-corrected chi connectivity index (χ1v) is 8.44. The Hall–Kier alpha value is -0.980. The van der Waals surface area contributed by atoms with Gasteiger partial charge in [-0.1, -0.05) is 11.6 Å². The third-order valence-corrected chi connectivity index (χ3v) is 4.96. The monoisotopic (exact) mass is 339 g/mol. The van der Waals surface area contributed by atoms with Crippen LogP contribution in [0.2, 0.25) is 5.02 Å². The molecule has 0 atom stereocenters. The lowest BCUT2D eigenvalue weighted by Crippen LogP contribution is -2.24. The van der Waals surface area contributed by atoms with Crippen LogP contribution in [0.3, 0.4) is 0 Å². The molecule has 0 spiro atoms. The van der Waals surface area contributed by atoms with Gasteiger partial charge in [-0.2, -0.15) is 0 Å². The molecule has 2 N–H and O–H groups in total. The molecule has 0 bridgehead atoms. The molecule has 0 radical (unpaired) electrons. The van der Waals surface area contributed by atoms with Crippen LogP contribution in [-0.2, 0) is 21.2 Å². The summed E-state index contributed by atoms with van der Waals surface area (Å²) in [5, 5.41) is 12.9. The highest BCUT2D eigenvalue weighted by molar-refractivity contribution is 7.90. The molecular weight excluding hydrogens is 325 g/mol. The van der Waals surface area contributed by atoms with Gasteiger partial charge in [-0.15, -0.1) is 11.6 Å². The molecule has 20 heavy (non-hydrogen) atoms. The van der Waals surface area contributed by atoms with E-state index in [1.165, 1.54) is 6.92 Å². The van der Waals surface area contributed by atoms with Crippen LogP contribution in [0.1, 0.15) is 16.7 Å². The van der Waals surface area contributed by atoms with Gasteiger partial charge >= 0.3 is 0 Å². The van der Waals surface area contributed by atoms with E-state index in [0.717, 1.165) is 6.26 Å². The van der Waals surface area contributed by atoms with E-state index in [4.69, 9.17) is 23.2 Å². The summed E-state index contributed by atoms with van der Waals surface area (Å²) in [4.78, 5) is 10.9. The highest BCUT2D eigenvalue weighted by atomic mass is 35.5. The highest BCUT2D eigenvalue weighted by Crippen LogP contribution is 2.38. The highest BCUT2D eigenvalue weighted by Gasteiger charge is 2.24. The van der Waals surface area contributed by atoms with Crippen molar-refractivity contribution in [3.8, 4) is 5.75 Å². The van der Waals surface area contributed by atoms with Crippen molar-refractivity contribution in [2.75, 3.05) is 12.1 Å². The van der Waals surface area contributed by atoms with Crippen molar-refractivity contribution < 1.29 is 18.3 Å². The maximum absolute atomic E-state index is 11.8. The topological polar surface area (TPSA) is 83.5 Å². The third kappa shape index (κ3) is 3.37. The molecule has 0 unspecified atom stereocenters. The third-order valence-electron chi connectivity index (χ3n) is 2.91. The van der Waals surface area contributed by atoms with Crippen molar-refractivity contribution >= 4 is 38.9 Å². The number of phenolic OH excluding ortho intramolecular Hbond substituents is 1. The van der Waals surface area contributed by atoms with Gasteiger partial charge < -0.3 is 10.4 Å². The number of carbonyl (C=O) groups is 1. The Morgan fingerprint density at radius 3 is 2.30 bits per heavy atom. The molecular formula is C12H15Cl2NO4S. The number of hydrogen-bond donors (Lipinski definition) is 2. The van der Waals surface area contributed by atoms with Gasteiger partial charge in [-0.3, -0.25) is 4.79 Å². The predicted octanol–water partition coefficient (Wildman–Crippen LogP) is 1.92. The fourth-order valence-corrected chi connectivity index (χ4v) is 3.40. The lowest BCUT2D eigenvalue weighted by atomic mass is 10.0. The van der Waals surface area contributed by atoms with Gasteiger partial charge in [0.25, 0.3) is 0 Å². The first kappa shape index (κ1) is 17.1. The number of hydrogen-bond acceptors (Lipinski definition) is 4. The Bertz CT molecular complexity index is 656. The van der Waals surface area contributed by atoms with Crippen LogP contribution < -0.4 is 5.32 Å². The van der Waals surface area contributed by atoms with E-state index in [1.54, 1.807) is 6.92 Å². The van der Waals surface area contributed by atoms with E-state index >= 15 is 0 Å². The van der Waals surface area contributed by atoms with Crippen LogP contribution in [0, 0.1) is 13.8 Å². The van der Waals surface area contributed by atoms with Crippen molar-refractivity contribution in [1.29, 1.82) is 0 Å². The lowest BCUT2D eigenvalue weighted by molar-refractivity contribution is -0.118. The van der Waals surface area contributed by atoms with Crippen LogP contribution in [0.5, 0.6) is 5.75 Å². The van der Waals surface area contributed by atoms with Crippen molar-refractivity contribution in [1.82, 2.24) is 5.32 Å². The number of amides is 1. The van der Waals surface area contributed by atoms with Gasteiger partial charge in [-0.05, 0) is 25.0 Å². The molecule has 0 saturated heterocycles. The average Bonchev–Trinajstić information content (AvgIpc) is 2.34. The Morgan fingerprint density at radius 2 is 1.85 bits per heavy atom. The summed E-state index contributed by atoms with van der Waals surface area (Å²) >= 11 is 11.5. The number of sulfone groups is 1. The van der Waals surface area contributed by atoms with Gasteiger partial charge in [0.2, 0.25) is 5.91 Å². The molecule has 0 aliphatic carbocycles. The number of halogens is 2. The molecule has 1 amide bonds. The smallest absolute Gasteiger partial charge is 0.235 e. The second-order valence-electron chi connectivity index (χ2n) is 4.40. The zero-order chi connectivity index (χ0) is 15.7. The molecule has 8 heteroatoms. The fraction of sp³-hybridized carbons (Fsp3) is 0.417. The molecule has 1 rings (SSSR count). The van der Waals surface area contributed by atoms with E-state index in [9.17, 15) is 18.3 Å². The Morgan fingerprint density at radius 1 is 1.30 bits per heavy atom. The summed E-state index contributed by atoms with van der Waals surface area (Å²) in [5.41, 5.74) is 1.07. The summed E-state index contributed by atoms with van der Waals surface area (Å²) in [7, 11) is -3.64. The van der Waals surface area contributed by atoms with Crippen molar-refractivity contribution in [3.05, 3.63) is 21.7 Å². The van der Waals surface area contributed by atoms with Gasteiger partial charge in [0.05, 0.1) is 0 Å². The average molecular weight is 340 g/mol. The van der Waals surface area contributed by atoms with E-state index in [1.807, 2.05) is 0 Å². The van der Waals surface area contributed by atoms with Gasteiger partial charge in [0.15, 0.2) is 9.84 Å². The molecule has 112 valence electrons. The van der Waals surface area contributed by atoms with Crippen LogP contribution in [0.25, 0.3) is 0 Å². The van der Waals surface area contributed by atoms with E-state index in [0.29, 0.717) is 5.56 Å². The summed E-state index contributed by atoms with van der Waals surface area (Å²) in [6.45, 7) is 3.11. The number of rotatable bonds is 4. The van der Waals surface area contributed by atoms with Gasteiger partial charge in [0.1, 0.15) is 16.5 Å². The molecule has 1 aromatic rings. The van der Waals surface area contributed by atoms with Crippen LogP contribution in [-0.4, -0.2) is 31.6 Å². The number of alkyl halides is 1. The molecule has 0 aliphatic heterocycles. The summed E-state index contributed by atoms with van der Waals surface area (Å²) in [6.07, 6.45) is 0.988. The van der Waals surface area contributed by atoms with Crippen LogP contribution in [0.4, 0.5) is 0 Å². The van der Waals surface area contributed by atoms with Gasteiger partial charge in [-0.25, -0.2) is 8.42 Å². The standard InChI is InChI=1S/C12H15Cl2NO4S/c1-6-8(5-15-9(16)4-13)11(17)12(20(3,18)19)7(2)10(6)14/h17H,4-5H2,1-3H3,(H,15,16). The van der Waals surface area contributed by atoms with Gasteiger partial charge in [0, 0.05) is 23.4 Å². The number of nitrogens with one attached hydrogen (secondary N) is 1. The predicted molar refractivity (Wildman–Crippen MR) is 78.3 cm³/mol. The number of phenols is 1. The zero-order valence-electron chi connectivity index (χ0n) is 11.3. The first-order chi connectivity index (χ1) is 9.11. The Balaban J connectivity index is 3.46. The van der Waals surface area contributed by atoms with E-state index < -0.39 is 15.7 Å². The Labute approximate surface area is 127 Å². The van der Waals surface area contributed by atoms with Crippen LogP contribution >= 0.6 is 23.2 Å². The first-order valence-electron chi connectivity index (χ1n) is 5.64. The summed E-state index contributed by atoms with van der Waals surface area (Å²) in [6, 6.07) is 0. The fourth-order valence-electron chi connectivity index (χ4n) is 1.91. The summed E-state index contributed by atoms with van der Waals surface area (Å²) in [5.74, 6) is -1.04. The second-order valence-corrected chi connectivity index (χ2v) is 7.00. The molecule has 1 aromatic carbocycles. The lowest BCUT2D eigenvalue weighted by Gasteiger charge is -2.17. The normalized spacial score (nSPS) is 11.4. The Kier molecular flexibility index (Phi) is 5.29. The van der Waals surface area contributed by atoms with Crippen molar-refractivity contribution in [2.24, 2.45) is 0 Å². The quantitative estimate of drug-likeness (QED) is 0.821. The molecule has 0 saturated carbocycles. The number of carbonyl (C=O) groups excluding carboxylic acids is 1. The molecule has 5 nitrogen and oxygen atoms in total. The second kappa shape index (κ2) is 6.20. The largest absolute Gasteiger partial charge is 0.506 e. The maximum Gasteiger partial charge on any atom is 0.235 e. The zero-order valence-corrected chi connectivity index (χ0v) is 13.6. The SMILES string of the molecule is Cc1c(Cl)c(C)c(S(C)(=O)=O)c(O)c1CNC(=O)CCl. The van der Waals surface area contributed by atoms with Crippen LogP contribution in [0.15, 0.2) is 4.90 Å². The molecule has 0 aliphatic rings. The minimum absolute atomic E-state index is 0.0499. The minimum atomic E-state index is -3.64. The molecule has 0 aromatic heterocycles. The number of aromatic hydroxyl groups is 1. The van der Waals surface area contributed by atoms with Crippen molar-refractivity contribution in [2.45, 2.75) is 25.3 Å². The maximum atomic E-state index is 11.8. The number of benzene rings is 1. The van der Waals surface area contributed by atoms with E-state index in [-0.39, 0.29) is 39.2 Å². The minimum Gasteiger partial charge on any atom is -0.506 e.